The maximum absolute atomic E-state index is 11.8. The Morgan fingerprint density at radius 2 is 2.13 bits per heavy atom. The molecule has 3 rings (SSSR count). The van der Waals surface area contributed by atoms with E-state index in [4.69, 9.17) is 17.3 Å². The summed E-state index contributed by atoms with van der Waals surface area (Å²) in [6, 6.07) is 9.60. The van der Waals surface area contributed by atoms with Gasteiger partial charge in [0, 0.05) is 5.56 Å². The van der Waals surface area contributed by atoms with Crippen molar-refractivity contribution in [3.8, 4) is 5.69 Å². The molecule has 0 saturated carbocycles. The lowest BCUT2D eigenvalue weighted by molar-refractivity contribution is -0.119. The van der Waals surface area contributed by atoms with Crippen LogP contribution in [-0.2, 0) is 4.79 Å². The lowest BCUT2D eigenvalue weighted by Crippen LogP contribution is -2.42. The zero-order chi connectivity index (χ0) is 16.6. The molecule has 1 heterocycles. The standard InChI is InChI=1S/C17H21ClN4O/c1-17(2)8-13(21-14(23)9-18)12-10-20-22(15(12)16(17)19)11-6-4-3-5-7-11/h3-7,10,13,16H,8-9,19H2,1-2H3,(H,21,23)/t13?,16-/m1/s1. The monoisotopic (exact) mass is 332 g/mol. The molecule has 0 fully saturated rings. The molecule has 1 aliphatic carbocycles. The second-order valence-electron chi connectivity index (χ2n) is 6.66. The first-order valence-corrected chi connectivity index (χ1v) is 8.21. The Morgan fingerprint density at radius 3 is 2.78 bits per heavy atom. The van der Waals surface area contributed by atoms with E-state index in [2.05, 4.69) is 24.3 Å². The van der Waals surface area contributed by atoms with Crippen LogP contribution in [0.3, 0.4) is 0 Å². The molecular formula is C17H21ClN4O. The van der Waals surface area contributed by atoms with Crippen molar-refractivity contribution in [2.75, 3.05) is 5.88 Å². The van der Waals surface area contributed by atoms with Gasteiger partial charge in [-0.05, 0) is 24.0 Å². The van der Waals surface area contributed by atoms with Crippen molar-refractivity contribution >= 4 is 17.5 Å². The SMILES string of the molecule is CC1(C)CC(NC(=O)CCl)c2cnn(-c3ccccc3)c2[C@H]1N. The zero-order valence-corrected chi connectivity index (χ0v) is 14.0. The van der Waals surface area contributed by atoms with E-state index < -0.39 is 0 Å². The molecule has 0 aliphatic heterocycles. The van der Waals surface area contributed by atoms with E-state index in [9.17, 15) is 4.79 Å². The van der Waals surface area contributed by atoms with Gasteiger partial charge in [0.05, 0.1) is 29.7 Å². The molecule has 5 nitrogen and oxygen atoms in total. The molecule has 3 N–H and O–H groups in total. The van der Waals surface area contributed by atoms with E-state index in [-0.39, 0.29) is 29.3 Å². The van der Waals surface area contributed by atoms with Gasteiger partial charge >= 0.3 is 0 Å². The Labute approximate surface area is 140 Å². The number of halogens is 1. The summed E-state index contributed by atoms with van der Waals surface area (Å²) >= 11 is 5.64. The number of aromatic nitrogens is 2. The van der Waals surface area contributed by atoms with Gasteiger partial charge < -0.3 is 11.1 Å². The minimum Gasteiger partial charge on any atom is -0.348 e. The summed E-state index contributed by atoms with van der Waals surface area (Å²) in [4.78, 5) is 11.8. The fourth-order valence-electron chi connectivity index (χ4n) is 3.22. The minimum absolute atomic E-state index is 0.0505. The molecule has 0 spiro atoms. The first-order valence-electron chi connectivity index (χ1n) is 7.68. The first kappa shape index (κ1) is 16.0. The molecule has 23 heavy (non-hydrogen) atoms. The van der Waals surface area contributed by atoms with E-state index in [1.54, 1.807) is 6.20 Å². The third kappa shape index (κ3) is 2.86. The first-order chi connectivity index (χ1) is 10.9. The van der Waals surface area contributed by atoms with Crippen molar-refractivity contribution in [3.63, 3.8) is 0 Å². The number of nitrogens with zero attached hydrogens (tertiary/aromatic N) is 2. The minimum atomic E-state index is -0.179. The maximum atomic E-state index is 11.8. The van der Waals surface area contributed by atoms with Crippen LogP contribution in [-0.4, -0.2) is 21.6 Å². The van der Waals surface area contributed by atoms with Gasteiger partial charge in [0.15, 0.2) is 0 Å². The number of hydrogen-bond acceptors (Lipinski definition) is 3. The predicted molar refractivity (Wildman–Crippen MR) is 90.5 cm³/mol. The number of carbonyl (C=O) groups excluding carboxylic acids is 1. The van der Waals surface area contributed by atoms with Crippen molar-refractivity contribution < 1.29 is 4.79 Å². The predicted octanol–water partition coefficient (Wildman–Crippen LogP) is 2.70. The number of nitrogens with two attached hydrogens (primary N) is 1. The van der Waals surface area contributed by atoms with Crippen LogP contribution in [0.25, 0.3) is 5.69 Å². The number of benzene rings is 1. The number of para-hydroxylation sites is 1. The van der Waals surface area contributed by atoms with Crippen molar-refractivity contribution in [1.29, 1.82) is 0 Å². The van der Waals surface area contributed by atoms with Crippen molar-refractivity contribution in [1.82, 2.24) is 15.1 Å². The highest BCUT2D eigenvalue weighted by molar-refractivity contribution is 6.27. The van der Waals surface area contributed by atoms with Crippen LogP contribution in [0.4, 0.5) is 0 Å². The van der Waals surface area contributed by atoms with Crippen LogP contribution in [0, 0.1) is 5.41 Å². The van der Waals surface area contributed by atoms with Gasteiger partial charge in [0.2, 0.25) is 5.91 Å². The number of alkyl halides is 1. The van der Waals surface area contributed by atoms with Gasteiger partial charge in [-0.3, -0.25) is 4.79 Å². The van der Waals surface area contributed by atoms with Gasteiger partial charge in [-0.2, -0.15) is 5.10 Å². The quantitative estimate of drug-likeness (QED) is 0.849. The van der Waals surface area contributed by atoms with E-state index in [1.165, 1.54) is 0 Å². The summed E-state index contributed by atoms with van der Waals surface area (Å²) in [6.07, 6.45) is 2.56. The number of carbonyl (C=O) groups is 1. The molecule has 2 atom stereocenters. The molecule has 1 aromatic heterocycles. The summed E-state index contributed by atoms with van der Waals surface area (Å²) in [5.74, 6) is -0.230. The van der Waals surface area contributed by atoms with Gasteiger partial charge in [-0.1, -0.05) is 32.0 Å². The number of hydrogen-bond donors (Lipinski definition) is 2. The summed E-state index contributed by atoms with van der Waals surface area (Å²) < 4.78 is 1.88. The van der Waals surface area contributed by atoms with Gasteiger partial charge in [0.25, 0.3) is 0 Å². The highest BCUT2D eigenvalue weighted by Gasteiger charge is 2.41. The lowest BCUT2D eigenvalue weighted by atomic mass is 9.71. The van der Waals surface area contributed by atoms with Crippen LogP contribution in [0.5, 0.6) is 0 Å². The molecular weight excluding hydrogens is 312 g/mol. The van der Waals surface area contributed by atoms with Crippen LogP contribution >= 0.6 is 11.6 Å². The molecule has 2 aromatic rings. The van der Waals surface area contributed by atoms with Crippen LogP contribution < -0.4 is 11.1 Å². The fourth-order valence-corrected chi connectivity index (χ4v) is 3.30. The Bertz CT molecular complexity index is 711. The zero-order valence-electron chi connectivity index (χ0n) is 13.3. The highest BCUT2D eigenvalue weighted by Crippen LogP contribution is 2.47. The Balaban J connectivity index is 2.08. The summed E-state index contributed by atoms with van der Waals surface area (Å²) in [5.41, 5.74) is 9.25. The second-order valence-corrected chi connectivity index (χ2v) is 6.92. The highest BCUT2D eigenvalue weighted by atomic mass is 35.5. The Hall–Kier alpha value is -1.85. The molecule has 1 aromatic carbocycles. The average Bonchev–Trinajstić information content (AvgIpc) is 2.98. The van der Waals surface area contributed by atoms with Crippen molar-refractivity contribution in [2.45, 2.75) is 32.4 Å². The topological polar surface area (TPSA) is 72.9 Å². The van der Waals surface area contributed by atoms with Crippen LogP contribution in [0.15, 0.2) is 36.5 Å². The maximum Gasteiger partial charge on any atom is 0.235 e. The second kappa shape index (κ2) is 5.98. The van der Waals surface area contributed by atoms with Crippen LogP contribution in [0.2, 0.25) is 0 Å². The summed E-state index contributed by atoms with van der Waals surface area (Å²) in [7, 11) is 0. The van der Waals surface area contributed by atoms with Gasteiger partial charge in [-0.25, -0.2) is 4.68 Å². The number of fused-ring (bicyclic) bond motifs is 1. The summed E-state index contributed by atoms with van der Waals surface area (Å²) in [6.45, 7) is 4.23. The van der Waals surface area contributed by atoms with Gasteiger partial charge in [0.1, 0.15) is 5.88 Å². The normalized spacial score (nSPS) is 22.4. The molecule has 6 heteroatoms. The van der Waals surface area contributed by atoms with Crippen LogP contribution in [0.1, 0.15) is 43.6 Å². The Morgan fingerprint density at radius 1 is 1.43 bits per heavy atom. The lowest BCUT2D eigenvalue weighted by Gasteiger charge is -2.40. The largest absolute Gasteiger partial charge is 0.348 e. The van der Waals surface area contributed by atoms with E-state index >= 15 is 0 Å². The van der Waals surface area contributed by atoms with E-state index in [0.717, 1.165) is 23.4 Å². The molecule has 1 unspecified atom stereocenters. The van der Waals surface area contributed by atoms with E-state index in [0.29, 0.717) is 0 Å². The Kier molecular flexibility index (Phi) is 4.17. The number of amides is 1. The molecule has 0 bridgehead atoms. The molecule has 0 radical (unpaired) electrons. The van der Waals surface area contributed by atoms with Crippen molar-refractivity contribution in [2.24, 2.45) is 11.1 Å². The average molecular weight is 333 g/mol. The van der Waals surface area contributed by atoms with E-state index in [1.807, 2.05) is 35.0 Å². The third-order valence-corrected chi connectivity index (χ3v) is 4.78. The fraction of sp³-hybridized carbons (Fsp3) is 0.412. The third-order valence-electron chi connectivity index (χ3n) is 4.54. The molecule has 0 saturated heterocycles. The number of nitrogens with one attached hydrogen (secondary N) is 1. The van der Waals surface area contributed by atoms with Crippen molar-refractivity contribution in [3.05, 3.63) is 47.8 Å². The smallest absolute Gasteiger partial charge is 0.235 e. The number of rotatable bonds is 3. The van der Waals surface area contributed by atoms with Gasteiger partial charge in [-0.15, -0.1) is 11.6 Å². The summed E-state index contributed by atoms with van der Waals surface area (Å²) in [5, 5.41) is 7.51. The molecule has 1 aliphatic rings. The molecule has 1 amide bonds. The molecule has 122 valence electrons.